The Hall–Kier alpha value is -2.88. The van der Waals surface area contributed by atoms with E-state index in [1.807, 2.05) is 24.6 Å². The molecule has 9 heteroatoms. The molecule has 1 fully saturated rings. The lowest BCUT2D eigenvalue weighted by Gasteiger charge is -2.31. The standard InChI is InChI=1S/C27H35N5O3S/c1-36-13-11-25(27(34)35)30-26(33)18-31(15-21-8-4-7-20-6-2-3-10-24(20)21)17-23-9-5-12-32(23)16-22-14-28-19-29-22/h2-4,6-8,10,14,19,23,25H,5,9,11-13,15-18H2,1H3,(H,28,29)(H,30,33)(H,34,35)/t23-,25?/m0/s1. The van der Waals surface area contributed by atoms with Crippen molar-refractivity contribution >= 4 is 34.4 Å². The average Bonchev–Trinajstić information content (AvgIpc) is 3.54. The van der Waals surface area contributed by atoms with Crippen LogP contribution in [0, 0.1) is 0 Å². The molecule has 0 aliphatic carbocycles. The summed E-state index contributed by atoms with van der Waals surface area (Å²) in [6.45, 7) is 3.31. The molecule has 1 saturated heterocycles. The molecule has 3 N–H and O–H groups in total. The van der Waals surface area contributed by atoms with Gasteiger partial charge in [-0.1, -0.05) is 42.5 Å². The lowest BCUT2D eigenvalue weighted by Crippen LogP contribution is -2.48. The number of amides is 1. The van der Waals surface area contributed by atoms with Crippen molar-refractivity contribution in [1.82, 2.24) is 25.1 Å². The Labute approximate surface area is 216 Å². The van der Waals surface area contributed by atoms with Crippen molar-refractivity contribution in [1.29, 1.82) is 0 Å². The normalized spacial score (nSPS) is 17.0. The Morgan fingerprint density at radius 3 is 2.89 bits per heavy atom. The van der Waals surface area contributed by atoms with Gasteiger partial charge in [0.2, 0.25) is 5.91 Å². The summed E-state index contributed by atoms with van der Waals surface area (Å²) in [5.41, 5.74) is 2.24. The molecule has 2 heterocycles. The number of H-pyrrole nitrogens is 1. The van der Waals surface area contributed by atoms with Gasteiger partial charge in [-0.2, -0.15) is 11.8 Å². The average molecular weight is 510 g/mol. The van der Waals surface area contributed by atoms with E-state index in [-0.39, 0.29) is 12.5 Å². The van der Waals surface area contributed by atoms with Crippen molar-refractivity contribution in [2.75, 3.05) is 31.6 Å². The SMILES string of the molecule is CSCCC(NC(=O)CN(Cc1cccc2ccccc12)C[C@@H]1CCCN1Cc1cnc[nH]1)C(=O)O. The number of benzene rings is 2. The van der Waals surface area contributed by atoms with Crippen LogP contribution in [0.3, 0.4) is 0 Å². The zero-order valence-electron chi connectivity index (χ0n) is 20.7. The lowest BCUT2D eigenvalue weighted by atomic mass is 10.0. The number of carbonyl (C=O) groups is 2. The minimum absolute atomic E-state index is 0.153. The molecule has 0 saturated carbocycles. The van der Waals surface area contributed by atoms with Crippen LogP contribution < -0.4 is 5.32 Å². The summed E-state index contributed by atoms with van der Waals surface area (Å²) in [6.07, 6.45) is 8.08. The van der Waals surface area contributed by atoms with Gasteiger partial charge in [-0.25, -0.2) is 9.78 Å². The number of aromatic amines is 1. The number of carboxylic acids is 1. The largest absolute Gasteiger partial charge is 0.480 e. The molecule has 3 aromatic rings. The minimum atomic E-state index is -0.987. The van der Waals surface area contributed by atoms with E-state index in [1.54, 1.807) is 18.1 Å². The van der Waals surface area contributed by atoms with E-state index in [0.29, 0.717) is 24.8 Å². The number of nitrogens with zero attached hydrogens (tertiary/aromatic N) is 3. The maximum atomic E-state index is 13.0. The molecule has 0 bridgehead atoms. The number of thioether (sulfide) groups is 1. The Kier molecular flexibility index (Phi) is 9.38. The number of nitrogens with one attached hydrogen (secondary N) is 2. The molecule has 1 aliphatic rings. The van der Waals surface area contributed by atoms with Gasteiger partial charge in [-0.15, -0.1) is 0 Å². The molecule has 4 rings (SSSR count). The molecule has 192 valence electrons. The quantitative estimate of drug-likeness (QED) is 0.325. The number of aromatic nitrogens is 2. The van der Waals surface area contributed by atoms with Crippen molar-refractivity contribution in [2.45, 2.75) is 44.4 Å². The fourth-order valence-electron chi connectivity index (χ4n) is 4.99. The smallest absolute Gasteiger partial charge is 0.326 e. The van der Waals surface area contributed by atoms with E-state index in [1.165, 1.54) is 10.8 Å². The number of aliphatic carboxylic acids is 1. The highest BCUT2D eigenvalue weighted by Gasteiger charge is 2.28. The van der Waals surface area contributed by atoms with Crippen LogP contribution in [-0.4, -0.2) is 80.5 Å². The van der Waals surface area contributed by atoms with Gasteiger partial charge in [0.1, 0.15) is 6.04 Å². The van der Waals surface area contributed by atoms with E-state index >= 15 is 0 Å². The molecule has 1 aromatic heterocycles. The molecule has 0 radical (unpaired) electrons. The highest BCUT2D eigenvalue weighted by Crippen LogP contribution is 2.23. The van der Waals surface area contributed by atoms with Crippen LogP contribution >= 0.6 is 11.8 Å². The first-order valence-electron chi connectivity index (χ1n) is 12.4. The minimum Gasteiger partial charge on any atom is -0.480 e. The summed E-state index contributed by atoms with van der Waals surface area (Å²) < 4.78 is 0. The topological polar surface area (TPSA) is 102 Å². The molecule has 1 amide bonds. The summed E-state index contributed by atoms with van der Waals surface area (Å²) in [5.74, 6) is -0.553. The highest BCUT2D eigenvalue weighted by atomic mass is 32.2. The Morgan fingerprint density at radius 2 is 2.11 bits per heavy atom. The molecule has 0 spiro atoms. The van der Waals surface area contributed by atoms with Gasteiger partial charge in [0.25, 0.3) is 0 Å². The molecule has 8 nitrogen and oxygen atoms in total. The molecule has 1 aliphatic heterocycles. The van der Waals surface area contributed by atoms with Gasteiger partial charge >= 0.3 is 5.97 Å². The second-order valence-corrected chi connectivity index (χ2v) is 10.4. The van der Waals surface area contributed by atoms with E-state index in [2.05, 4.69) is 55.4 Å². The number of carboxylic acid groups (broad SMARTS) is 1. The van der Waals surface area contributed by atoms with Gasteiger partial charge < -0.3 is 15.4 Å². The number of hydrogen-bond donors (Lipinski definition) is 3. The van der Waals surface area contributed by atoms with E-state index in [4.69, 9.17) is 0 Å². The number of rotatable bonds is 13. The van der Waals surface area contributed by atoms with E-state index in [0.717, 1.165) is 43.7 Å². The third-order valence-electron chi connectivity index (χ3n) is 6.78. The fraction of sp³-hybridized carbons (Fsp3) is 0.444. The molecule has 2 atom stereocenters. The summed E-state index contributed by atoms with van der Waals surface area (Å²) in [7, 11) is 0. The molecule has 2 aromatic carbocycles. The van der Waals surface area contributed by atoms with Gasteiger partial charge in [-0.05, 0) is 54.2 Å². The number of imidazole rings is 1. The molecule has 36 heavy (non-hydrogen) atoms. The molecular weight excluding hydrogens is 474 g/mol. The van der Waals surface area contributed by atoms with Crippen LogP contribution in [0.15, 0.2) is 55.0 Å². The first-order valence-corrected chi connectivity index (χ1v) is 13.8. The first-order chi connectivity index (χ1) is 17.5. The number of fused-ring (bicyclic) bond motifs is 1. The third-order valence-corrected chi connectivity index (χ3v) is 7.43. The van der Waals surface area contributed by atoms with E-state index in [9.17, 15) is 14.7 Å². The van der Waals surface area contributed by atoms with Crippen LogP contribution in [0.4, 0.5) is 0 Å². The maximum absolute atomic E-state index is 13.0. The fourth-order valence-corrected chi connectivity index (χ4v) is 5.46. The van der Waals surface area contributed by atoms with Crippen molar-refractivity contribution in [3.63, 3.8) is 0 Å². The van der Waals surface area contributed by atoms with Crippen LogP contribution in [-0.2, 0) is 22.7 Å². The zero-order chi connectivity index (χ0) is 25.3. The predicted molar refractivity (Wildman–Crippen MR) is 144 cm³/mol. The monoisotopic (exact) mass is 509 g/mol. The Morgan fingerprint density at radius 1 is 1.28 bits per heavy atom. The van der Waals surface area contributed by atoms with Gasteiger partial charge in [0.05, 0.1) is 12.9 Å². The van der Waals surface area contributed by atoms with Crippen molar-refractivity contribution in [3.05, 3.63) is 66.2 Å². The number of likely N-dealkylation sites (tertiary alicyclic amines) is 1. The van der Waals surface area contributed by atoms with Crippen LogP contribution in [0.1, 0.15) is 30.5 Å². The predicted octanol–water partition coefficient (Wildman–Crippen LogP) is 3.35. The van der Waals surface area contributed by atoms with Crippen molar-refractivity contribution in [2.24, 2.45) is 0 Å². The summed E-state index contributed by atoms with van der Waals surface area (Å²) in [5, 5.41) is 14.7. The van der Waals surface area contributed by atoms with Crippen LogP contribution in [0.5, 0.6) is 0 Å². The molecule has 1 unspecified atom stereocenters. The molecular formula is C27H35N5O3S. The first kappa shape index (κ1) is 26.2. The van der Waals surface area contributed by atoms with Crippen LogP contribution in [0.2, 0.25) is 0 Å². The second-order valence-electron chi connectivity index (χ2n) is 9.39. The zero-order valence-corrected chi connectivity index (χ0v) is 21.5. The van der Waals surface area contributed by atoms with Crippen molar-refractivity contribution in [3.8, 4) is 0 Å². The Balaban J connectivity index is 1.50. The Bertz CT molecular complexity index is 1130. The van der Waals surface area contributed by atoms with Gasteiger partial charge in [0, 0.05) is 37.6 Å². The van der Waals surface area contributed by atoms with Gasteiger partial charge in [-0.3, -0.25) is 14.6 Å². The third kappa shape index (κ3) is 7.09. The van der Waals surface area contributed by atoms with E-state index < -0.39 is 12.0 Å². The summed E-state index contributed by atoms with van der Waals surface area (Å²) >= 11 is 1.58. The second kappa shape index (κ2) is 12.9. The number of carbonyl (C=O) groups excluding carboxylic acids is 1. The van der Waals surface area contributed by atoms with Gasteiger partial charge in [0.15, 0.2) is 0 Å². The number of hydrogen-bond acceptors (Lipinski definition) is 6. The summed E-state index contributed by atoms with van der Waals surface area (Å²) in [6, 6.07) is 14.0. The highest BCUT2D eigenvalue weighted by molar-refractivity contribution is 7.98. The maximum Gasteiger partial charge on any atom is 0.326 e. The summed E-state index contributed by atoms with van der Waals surface area (Å²) in [4.78, 5) is 36.7. The van der Waals surface area contributed by atoms with Crippen molar-refractivity contribution < 1.29 is 14.7 Å². The van der Waals surface area contributed by atoms with Crippen LogP contribution in [0.25, 0.3) is 10.8 Å². The lowest BCUT2D eigenvalue weighted by molar-refractivity contribution is -0.142.